The number of rotatable bonds is 3. The number of nitrogens with zero attached hydrogens (tertiary/aromatic N) is 1. The number of hydrogen-bond acceptors (Lipinski definition) is 3. The second-order valence-corrected chi connectivity index (χ2v) is 4.55. The van der Waals surface area contributed by atoms with Gasteiger partial charge in [-0.3, -0.25) is 0 Å². The summed E-state index contributed by atoms with van der Waals surface area (Å²) in [5.41, 5.74) is 0.0498. The second-order valence-electron chi connectivity index (χ2n) is 3.75. The molecule has 100 valence electrons. The van der Waals surface area contributed by atoms with Gasteiger partial charge in [-0.1, -0.05) is 12.1 Å². The average Bonchev–Trinajstić information content (AvgIpc) is 2.44. The van der Waals surface area contributed by atoms with Gasteiger partial charge in [-0.15, -0.1) is 0 Å². The topological polar surface area (TPSA) is 70.3 Å². The summed E-state index contributed by atoms with van der Waals surface area (Å²) in [4.78, 5) is 11.0. The standard InChI is InChI=1S/C14H7BrFNO3/c15-12-8(7-17)5-6-11(13(12)16)20-10-4-2-1-3-9(10)14(18)19/h1-6H,(H,18,19). The highest BCUT2D eigenvalue weighted by Gasteiger charge is 2.16. The third-order valence-corrected chi connectivity index (χ3v) is 3.28. The first kappa shape index (κ1) is 14.0. The number of carboxylic acid groups (broad SMARTS) is 1. The molecule has 0 atom stereocenters. The van der Waals surface area contributed by atoms with Crippen LogP contribution in [0.3, 0.4) is 0 Å². The predicted octanol–water partition coefficient (Wildman–Crippen LogP) is 3.95. The molecule has 0 aliphatic carbocycles. The van der Waals surface area contributed by atoms with Gasteiger partial charge in [0, 0.05) is 0 Å². The van der Waals surface area contributed by atoms with Crippen molar-refractivity contribution >= 4 is 21.9 Å². The number of ether oxygens (including phenoxy) is 1. The number of aromatic carboxylic acids is 1. The van der Waals surface area contributed by atoms with E-state index in [2.05, 4.69) is 15.9 Å². The lowest BCUT2D eigenvalue weighted by molar-refractivity contribution is 0.0694. The molecule has 0 aliphatic rings. The molecule has 0 amide bonds. The molecule has 0 unspecified atom stereocenters. The van der Waals surface area contributed by atoms with Gasteiger partial charge in [0.2, 0.25) is 0 Å². The number of nitriles is 1. The molecule has 2 aromatic carbocycles. The number of hydrogen-bond donors (Lipinski definition) is 1. The van der Waals surface area contributed by atoms with E-state index in [1.165, 1.54) is 24.3 Å². The Hall–Kier alpha value is -2.39. The van der Waals surface area contributed by atoms with Crippen LogP contribution in [0.2, 0.25) is 0 Å². The molecule has 0 fully saturated rings. The predicted molar refractivity (Wildman–Crippen MR) is 72.3 cm³/mol. The molecule has 0 radical (unpaired) electrons. The number of para-hydroxylation sites is 1. The summed E-state index contributed by atoms with van der Waals surface area (Å²) in [6, 6.07) is 10.4. The van der Waals surface area contributed by atoms with Crippen molar-refractivity contribution in [2.24, 2.45) is 0 Å². The van der Waals surface area contributed by atoms with E-state index in [0.717, 1.165) is 0 Å². The lowest BCUT2D eigenvalue weighted by Gasteiger charge is -2.10. The highest BCUT2D eigenvalue weighted by molar-refractivity contribution is 9.10. The Bertz CT molecular complexity index is 725. The van der Waals surface area contributed by atoms with E-state index in [4.69, 9.17) is 15.1 Å². The van der Waals surface area contributed by atoms with Crippen molar-refractivity contribution in [1.82, 2.24) is 0 Å². The average molecular weight is 336 g/mol. The Morgan fingerprint density at radius 1 is 1.25 bits per heavy atom. The molecule has 2 rings (SSSR count). The van der Waals surface area contributed by atoms with Crippen LogP contribution in [0.1, 0.15) is 15.9 Å². The summed E-state index contributed by atoms with van der Waals surface area (Å²) in [7, 11) is 0. The van der Waals surface area contributed by atoms with Crippen LogP contribution in [-0.2, 0) is 0 Å². The van der Waals surface area contributed by atoms with Gasteiger partial charge >= 0.3 is 5.97 Å². The smallest absolute Gasteiger partial charge is 0.339 e. The van der Waals surface area contributed by atoms with Crippen molar-refractivity contribution in [3.63, 3.8) is 0 Å². The first-order chi connectivity index (χ1) is 9.54. The summed E-state index contributed by atoms with van der Waals surface area (Å²) < 4.78 is 19.3. The van der Waals surface area contributed by atoms with Crippen molar-refractivity contribution in [2.45, 2.75) is 0 Å². The quantitative estimate of drug-likeness (QED) is 0.921. The number of carbonyl (C=O) groups is 1. The molecule has 0 spiro atoms. The summed E-state index contributed by atoms with van der Waals surface area (Å²) in [5.74, 6) is -2.07. The Labute approximate surface area is 122 Å². The normalized spacial score (nSPS) is 9.85. The summed E-state index contributed by atoms with van der Waals surface area (Å²) >= 11 is 2.96. The minimum Gasteiger partial charge on any atom is -0.478 e. The van der Waals surface area contributed by atoms with Crippen LogP contribution < -0.4 is 4.74 Å². The monoisotopic (exact) mass is 335 g/mol. The second kappa shape index (κ2) is 5.72. The van der Waals surface area contributed by atoms with Crippen LogP contribution in [0.4, 0.5) is 4.39 Å². The molecule has 4 nitrogen and oxygen atoms in total. The largest absolute Gasteiger partial charge is 0.478 e. The van der Waals surface area contributed by atoms with Gasteiger partial charge in [0.1, 0.15) is 17.4 Å². The molecular formula is C14H7BrFNO3. The summed E-state index contributed by atoms with van der Waals surface area (Å²) in [5, 5.41) is 17.8. The molecule has 0 saturated carbocycles. The number of halogens is 2. The molecule has 20 heavy (non-hydrogen) atoms. The molecule has 0 bridgehead atoms. The molecule has 0 saturated heterocycles. The molecule has 0 aliphatic heterocycles. The third-order valence-electron chi connectivity index (χ3n) is 2.50. The fourth-order valence-electron chi connectivity index (χ4n) is 1.55. The third kappa shape index (κ3) is 2.63. The highest BCUT2D eigenvalue weighted by atomic mass is 79.9. The lowest BCUT2D eigenvalue weighted by Crippen LogP contribution is -2.00. The zero-order valence-electron chi connectivity index (χ0n) is 9.93. The van der Waals surface area contributed by atoms with Gasteiger partial charge in [-0.2, -0.15) is 5.26 Å². The molecule has 0 heterocycles. The van der Waals surface area contributed by atoms with Crippen molar-refractivity contribution in [3.05, 3.63) is 57.8 Å². The molecular weight excluding hydrogens is 329 g/mol. The van der Waals surface area contributed by atoms with Crippen LogP contribution in [0, 0.1) is 17.1 Å². The number of carboxylic acids is 1. The van der Waals surface area contributed by atoms with E-state index in [1.807, 2.05) is 6.07 Å². The Morgan fingerprint density at radius 2 is 1.95 bits per heavy atom. The van der Waals surface area contributed by atoms with Crippen LogP contribution in [0.25, 0.3) is 0 Å². The van der Waals surface area contributed by atoms with Crippen molar-refractivity contribution in [2.75, 3.05) is 0 Å². The van der Waals surface area contributed by atoms with Crippen molar-refractivity contribution in [3.8, 4) is 17.6 Å². The van der Waals surface area contributed by atoms with Crippen LogP contribution in [0.15, 0.2) is 40.9 Å². The molecule has 1 N–H and O–H groups in total. The maximum absolute atomic E-state index is 14.0. The molecule has 0 aromatic heterocycles. The SMILES string of the molecule is N#Cc1ccc(Oc2ccccc2C(=O)O)c(F)c1Br. The fraction of sp³-hybridized carbons (Fsp3) is 0. The fourth-order valence-corrected chi connectivity index (χ4v) is 1.96. The van der Waals surface area contributed by atoms with E-state index < -0.39 is 11.8 Å². The summed E-state index contributed by atoms with van der Waals surface area (Å²) in [6.07, 6.45) is 0. The minimum atomic E-state index is -1.17. The maximum atomic E-state index is 14.0. The molecule has 2 aromatic rings. The van der Waals surface area contributed by atoms with E-state index in [9.17, 15) is 9.18 Å². The van der Waals surface area contributed by atoms with Crippen molar-refractivity contribution in [1.29, 1.82) is 5.26 Å². The highest BCUT2D eigenvalue weighted by Crippen LogP contribution is 2.32. The first-order valence-corrected chi connectivity index (χ1v) is 6.22. The van der Waals surface area contributed by atoms with Gasteiger partial charge < -0.3 is 9.84 Å². The van der Waals surface area contributed by atoms with Gasteiger partial charge in [-0.05, 0) is 40.2 Å². The van der Waals surface area contributed by atoms with Gasteiger partial charge in [0.15, 0.2) is 11.6 Å². The zero-order chi connectivity index (χ0) is 14.7. The first-order valence-electron chi connectivity index (χ1n) is 5.43. The van der Waals surface area contributed by atoms with E-state index in [1.54, 1.807) is 12.1 Å². The Balaban J connectivity index is 2.44. The van der Waals surface area contributed by atoms with Gasteiger partial charge in [0.05, 0.1) is 10.0 Å². The van der Waals surface area contributed by atoms with E-state index in [0.29, 0.717) is 0 Å². The van der Waals surface area contributed by atoms with Crippen LogP contribution >= 0.6 is 15.9 Å². The van der Waals surface area contributed by atoms with E-state index >= 15 is 0 Å². The lowest BCUT2D eigenvalue weighted by atomic mass is 10.2. The Kier molecular flexibility index (Phi) is 4.01. The van der Waals surface area contributed by atoms with Crippen molar-refractivity contribution < 1.29 is 19.0 Å². The zero-order valence-corrected chi connectivity index (χ0v) is 11.5. The van der Waals surface area contributed by atoms with Gasteiger partial charge in [-0.25, -0.2) is 9.18 Å². The van der Waals surface area contributed by atoms with Crippen LogP contribution in [-0.4, -0.2) is 11.1 Å². The Morgan fingerprint density at radius 3 is 2.60 bits per heavy atom. The van der Waals surface area contributed by atoms with E-state index in [-0.39, 0.29) is 27.1 Å². The maximum Gasteiger partial charge on any atom is 0.339 e. The number of benzene rings is 2. The molecule has 6 heteroatoms. The summed E-state index contributed by atoms with van der Waals surface area (Å²) in [6.45, 7) is 0. The van der Waals surface area contributed by atoms with Crippen LogP contribution in [0.5, 0.6) is 11.5 Å². The minimum absolute atomic E-state index is 0.0229. The van der Waals surface area contributed by atoms with Gasteiger partial charge in [0.25, 0.3) is 0 Å².